The molecule has 0 aliphatic carbocycles. The summed E-state index contributed by atoms with van der Waals surface area (Å²) in [5.74, 6) is -0.527. The first-order chi connectivity index (χ1) is 6.31. The fourth-order valence-corrected chi connectivity index (χ4v) is 0.606. The van der Waals surface area contributed by atoms with Crippen molar-refractivity contribution in [3.63, 3.8) is 0 Å². The third-order valence-electron chi connectivity index (χ3n) is 2.25. The number of rotatable bonds is 5. The molecule has 0 fully saturated rings. The minimum Gasteiger partial charge on any atom is -0.465 e. The molecule has 0 aliphatic heterocycles. The molecule has 0 rings (SSSR count). The van der Waals surface area contributed by atoms with Gasteiger partial charge in [0.15, 0.2) is 0 Å². The minimum atomic E-state index is -0.863. The van der Waals surface area contributed by atoms with Crippen molar-refractivity contribution in [2.75, 3.05) is 13.2 Å². The van der Waals surface area contributed by atoms with Gasteiger partial charge in [-0.25, -0.2) is 0 Å². The SMILES string of the molecule is CC(O)C(C)COC(=O)C(C)(C)CO. The monoisotopic (exact) mass is 204 g/mol. The molecular weight excluding hydrogens is 184 g/mol. The first kappa shape index (κ1) is 13.4. The van der Waals surface area contributed by atoms with Crippen LogP contribution in [-0.4, -0.2) is 35.5 Å². The number of ether oxygens (including phenoxy) is 1. The molecule has 0 amide bonds. The predicted molar refractivity (Wildman–Crippen MR) is 52.7 cm³/mol. The fraction of sp³-hybridized carbons (Fsp3) is 0.900. The molecule has 2 N–H and O–H groups in total. The third-order valence-corrected chi connectivity index (χ3v) is 2.25. The van der Waals surface area contributed by atoms with Crippen LogP contribution < -0.4 is 0 Å². The predicted octanol–water partition coefficient (Wildman–Crippen LogP) is 0.565. The molecule has 14 heavy (non-hydrogen) atoms. The number of hydrogen-bond acceptors (Lipinski definition) is 4. The van der Waals surface area contributed by atoms with E-state index in [0.29, 0.717) is 0 Å². The fourth-order valence-electron chi connectivity index (χ4n) is 0.606. The summed E-state index contributed by atoms with van der Waals surface area (Å²) in [6, 6.07) is 0. The van der Waals surface area contributed by atoms with Gasteiger partial charge < -0.3 is 14.9 Å². The van der Waals surface area contributed by atoms with Crippen molar-refractivity contribution in [2.45, 2.75) is 33.8 Å². The average Bonchev–Trinajstić information content (AvgIpc) is 2.13. The molecule has 4 heteroatoms. The van der Waals surface area contributed by atoms with Crippen molar-refractivity contribution in [2.24, 2.45) is 11.3 Å². The van der Waals surface area contributed by atoms with Crippen LogP contribution in [0.4, 0.5) is 0 Å². The van der Waals surface area contributed by atoms with Crippen molar-refractivity contribution in [1.29, 1.82) is 0 Å². The molecule has 0 saturated carbocycles. The summed E-state index contributed by atoms with van der Waals surface area (Å²) in [5, 5.41) is 18.0. The van der Waals surface area contributed by atoms with Crippen LogP contribution in [0.15, 0.2) is 0 Å². The molecule has 0 aliphatic rings. The summed E-state index contributed by atoms with van der Waals surface area (Å²) in [6.45, 7) is 6.61. The van der Waals surface area contributed by atoms with Crippen LogP contribution in [-0.2, 0) is 9.53 Å². The highest BCUT2D eigenvalue weighted by molar-refractivity contribution is 5.76. The minimum absolute atomic E-state index is 0.0894. The Morgan fingerprint density at radius 3 is 2.29 bits per heavy atom. The highest BCUT2D eigenvalue weighted by atomic mass is 16.5. The zero-order valence-corrected chi connectivity index (χ0v) is 9.28. The van der Waals surface area contributed by atoms with Gasteiger partial charge in [-0.3, -0.25) is 4.79 Å². The smallest absolute Gasteiger partial charge is 0.313 e. The molecule has 2 atom stereocenters. The maximum absolute atomic E-state index is 11.4. The van der Waals surface area contributed by atoms with Crippen LogP contribution in [0, 0.1) is 11.3 Å². The summed E-state index contributed by atoms with van der Waals surface area (Å²) in [6.07, 6.45) is -0.500. The molecule has 4 nitrogen and oxygen atoms in total. The molecule has 0 heterocycles. The lowest BCUT2D eigenvalue weighted by Gasteiger charge is -2.21. The second-order valence-corrected chi connectivity index (χ2v) is 4.36. The summed E-state index contributed by atoms with van der Waals surface area (Å²) in [4.78, 5) is 11.4. The van der Waals surface area contributed by atoms with Crippen molar-refractivity contribution in [3.8, 4) is 0 Å². The number of aliphatic hydroxyl groups is 2. The Bertz CT molecular complexity index is 187. The Kier molecular flexibility index (Phi) is 5.08. The van der Waals surface area contributed by atoms with Crippen LogP contribution in [0.25, 0.3) is 0 Å². The van der Waals surface area contributed by atoms with Gasteiger partial charge in [0.1, 0.15) is 0 Å². The Morgan fingerprint density at radius 1 is 1.43 bits per heavy atom. The summed E-state index contributed by atoms with van der Waals surface area (Å²) >= 11 is 0. The van der Waals surface area contributed by atoms with E-state index in [2.05, 4.69) is 0 Å². The Hall–Kier alpha value is -0.610. The van der Waals surface area contributed by atoms with Gasteiger partial charge in [0, 0.05) is 5.92 Å². The second kappa shape index (κ2) is 5.32. The van der Waals surface area contributed by atoms with E-state index in [1.165, 1.54) is 0 Å². The maximum Gasteiger partial charge on any atom is 0.313 e. The average molecular weight is 204 g/mol. The zero-order chi connectivity index (χ0) is 11.4. The molecular formula is C10H20O4. The molecule has 0 aromatic rings. The Morgan fingerprint density at radius 2 is 1.93 bits per heavy atom. The Labute approximate surface area is 84.9 Å². The summed E-state index contributed by atoms with van der Waals surface area (Å²) < 4.78 is 4.96. The molecule has 0 bridgehead atoms. The van der Waals surface area contributed by atoms with Gasteiger partial charge in [-0.05, 0) is 20.8 Å². The van der Waals surface area contributed by atoms with E-state index in [4.69, 9.17) is 14.9 Å². The van der Waals surface area contributed by atoms with Gasteiger partial charge >= 0.3 is 5.97 Å². The van der Waals surface area contributed by atoms with Gasteiger partial charge in [0.25, 0.3) is 0 Å². The van der Waals surface area contributed by atoms with Crippen LogP contribution in [0.3, 0.4) is 0 Å². The molecule has 84 valence electrons. The van der Waals surface area contributed by atoms with Crippen molar-refractivity contribution < 1.29 is 19.7 Å². The van der Waals surface area contributed by atoms with Crippen molar-refractivity contribution in [3.05, 3.63) is 0 Å². The lowest BCUT2D eigenvalue weighted by molar-refractivity contribution is -0.158. The van der Waals surface area contributed by atoms with E-state index in [-0.39, 0.29) is 19.1 Å². The highest BCUT2D eigenvalue weighted by Crippen LogP contribution is 2.16. The largest absolute Gasteiger partial charge is 0.465 e. The molecule has 0 aromatic heterocycles. The number of carbonyl (C=O) groups is 1. The summed E-state index contributed by atoms with van der Waals surface area (Å²) in [5.41, 5.74) is -0.863. The molecule has 0 spiro atoms. The van der Waals surface area contributed by atoms with Gasteiger partial charge in [0.05, 0.1) is 24.7 Å². The van der Waals surface area contributed by atoms with Gasteiger partial charge in [0.2, 0.25) is 0 Å². The molecule has 2 unspecified atom stereocenters. The van der Waals surface area contributed by atoms with Crippen molar-refractivity contribution >= 4 is 5.97 Å². The summed E-state index contributed by atoms with van der Waals surface area (Å²) in [7, 11) is 0. The maximum atomic E-state index is 11.4. The van der Waals surface area contributed by atoms with Crippen LogP contribution in [0.2, 0.25) is 0 Å². The van der Waals surface area contributed by atoms with E-state index >= 15 is 0 Å². The van der Waals surface area contributed by atoms with Gasteiger partial charge in [-0.1, -0.05) is 6.92 Å². The molecule has 0 radical (unpaired) electrons. The second-order valence-electron chi connectivity index (χ2n) is 4.36. The number of hydrogen-bond donors (Lipinski definition) is 2. The number of esters is 1. The third kappa shape index (κ3) is 4.07. The van der Waals surface area contributed by atoms with E-state index < -0.39 is 17.5 Å². The Balaban J connectivity index is 3.97. The standard InChI is InChI=1S/C10H20O4/c1-7(8(2)12)5-14-9(13)10(3,4)6-11/h7-8,11-12H,5-6H2,1-4H3. The van der Waals surface area contributed by atoms with Crippen molar-refractivity contribution in [1.82, 2.24) is 0 Å². The molecule has 0 saturated heterocycles. The first-order valence-electron chi connectivity index (χ1n) is 4.77. The first-order valence-corrected chi connectivity index (χ1v) is 4.77. The van der Waals surface area contributed by atoms with Crippen LogP contribution >= 0.6 is 0 Å². The highest BCUT2D eigenvalue weighted by Gasteiger charge is 2.29. The van der Waals surface area contributed by atoms with E-state index in [9.17, 15) is 4.79 Å². The quantitative estimate of drug-likeness (QED) is 0.642. The normalized spacial score (nSPS) is 16.1. The number of aliphatic hydroxyl groups excluding tert-OH is 2. The van der Waals surface area contributed by atoms with E-state index in [1.807, 2.05) is 0 Å². The topological polar surface area (TPSA) is 66.8 Å². The van der Waals surface area contributed by atoms with E-state index in [0.717, 1.165) is 0 Å². The van der Waals surface area contributed by atoms with Crippen LogP contribution in [0.5, 0.6) is 0 Å². The lowest BCUT2D eigenvalue weighted by Crippen LogP contribution is -2.32. The lowest BCUT2D eigenvalue weighted by atomic mass is 9.95. The van der Waals surface area contributed by atoms with Gasteiger partial charge in [-0.15, -0.1) is 0 Å². The zero-order valence-electron chi connectivity index (χ0n) is 9.28. The van der Waals surface area contributed by atoms with Crippen LogP contribution in [0.1, 0.15) is 27.7 Å². The molecule has 0 aromatic carbocycles. The van der Waals surface area contributed by atoms with Gasteiger partial charge in [-0.2, -0.15) is 0 Å². The number of carbonyl (C=O) groups excluding carboxylic acids is 1. The van der Waals surface area contributed by atoms with E-state index in [1.54, 1.807) is 27.7 Å².